The highest BCUT2D eigenvalue weighted by atomic mass is 19.1. The molecule has 45 heavy (non-hydrogen) atoms. The number of rotatable bonds is 8. The molecule has 2 saturated heterocycles. The minimum Gasteiger partial charge on any atom is -0.480 e. The Morgan fingerprint density at radius 3 is 2.67 bits per heavy atom. The summed E-state index contributed by atoms with van der Waals surface area (Å²) in [5.41, 5.74) is -0.225. The van der Waals surface area contributed by atoms with E-state index in [1.165, 1.54) is 11.1 Å². The molecule has 0 bridgehead atoms. The summed E-state index contributed by atoms with van der Waals surface area (Å²) >= 11 is 0. The number of anilines is 3. The molecule has 2 amide bonds. The number of hydrogen-bond donors (Lipinski definition) is 3. The Balaban J connectivity index is 1.02. The van der Waals surface area contributed by atoms with Gasteiger partial charge in [0.15, 0.2) is 29.8 Å². The number of carbonyl (C=O) groups is 3. The van der Waals surface area contributed by atoms with Gasteiger partial charge < -0.3 is 34.7 Å². The molecule has 15 heteroatoms. The Hall–Kier alpha value is -5.57. The zero-order valence-corrected chi connectivity index (χ0v) is 23.6. The molecule has 0 spiro atoms. The predicted octanol–water partition coefficient (Wildman–Crippen LogP) is 1.81. The van der Waals surface area contributed by atoms with E-state index in [1.54, 1.807) is 21.6 Å². The van der Waals surface area contributed by atoms with Crippen molar-refractivity contribution < 1.29 is 33.4 Å². The van der Waals surface area contributed by atoms with E-state index in [4.69, 9.17) is 9.47 Å². The van der Waals surface area contributed by atoms with Crippen molar-refractivity contribution in [3.05, 3.63) is 81.9 Å². The lowest BCUT2D eigenvalue weighted by atomic mass is 10.1. The normalized spacial score (nSPS) is 17.8. The minimum atomic E-state index is -1.40. The number of pyridine rings is 3. The number of amides is 2. The van der Waals surface area contributed by atoms with E-state index in [-0.39, 0.29) is 54.3 Å². The van der Waals surface area contributed by atoms with E-state index in [0.29, 0.717) is 31.2 Å². The van der Waals surface area contributed by atoms with Gasteiger partial charge in [0.25, 0.3) is 5.91 Å². The van der Waals surface area contributed by atoms with Crippen LogP contribution in [0.2, 0.25) is 0 Å². The largest absolute Gasteiger partial charge is 0.480 e. The minimum absolute atomic E-state index is 0.0511. The maximum absolute atomic E-state index is 15.3. The monoisotopic (exact) mass is 615 g/mol. The number of hydrogen-bond acceptors (Lipinski definition) is 10. The van der Waals surface area contributed by atoms with Crippen LogP contribution in [0.4, 0.5) is 26.6 Å². The molecule has 3 aliphatic heterocycles. The van der Waals surface area contributed by atoms with Gasteiger partial charge in [-0.25, -0.2) is 23.9 Å². The van der Waals surface area contributed by atoms with E-state index >= 15 is 4.39 Å². The summed E-state index contributed by atoms with van der Waals surface area (Å²) in [6.07, 6.45) is 0.203. The summed E-state index contributed by atoms with van der Waals surface area (Å²) in [7, 11) is 0. The summed E-state index contributed by atoms with van der Waals surface area (Å²) in [4.78, 5) is 60.7. The molecule has 3 N–H and O–H groups in total. The molecule has 4 aromatic rings. The van der Waals surface area contributed by atoms with Crippen LogP contribution in [-0.4, -0.2) is 82.5 Å². The average Bonchev–Trinajstić information content (AvgIpc) is 3.38. The van der Waals surface area contributed by atoms with Crippen LogP contribution in [0, 0.1) is 5.82 Å². The van der Waals surface area contributed by atoms with Crippen LogP contribution in [0.25, 0.3) is 11.0 Å². The number of carbonyl (C=O) groups excluding carboxylic acids is 2. The topological polar surface area (TPSA) is 168 Å². The van der Waals surface area contributed by atoms with Gasteiger partial charge in [-0.05, 0) is 23.8 Å². The quantitative estimate of drug-likeness (QED) is 0.264. The van der Waals surface area contributed by atoms with E-state index in [1.807, 2.05) is 30.3 Å². The van der Waals surface area contributed by atoms with E-state index in [0.717, 1.165) is 11.6 Å². The van der Waals surface area contributed by atoms with Crippen molar-refractivity contribution in [2.45, 2.75) is 18.7 Å². The fourth-order valence-electron chi connectivity index (χ4n) is 5.55. The van der Waals surface area contributed by atoms with Crippen LogP contribution < -0.4 is 30.6 Å². The molecule has 0 radical (unpaired) electrons. The van der Waals surface area contributed by atoms with Crippen molar-refractivity contribution >= 4 is 46.5 Å². The van der Waals surface area contributed by atoms with Crippen molar-refractivity contribution in [3.8, 4) is 5.75 Å². The summed E-state index contributed by atoms with van der Waals surface area (Å²) < 4.78 is 27.6. The Labute approximate surface area is 254 Å². The van der Waals surface area contributed by atoms with Gasteiger partial charge in [-0.1, -0.05) is 30.3 Å². The number of nitrogens with one attached hydrogen (secondary N) is 2. The second kappa shape index (κ2) is 11.2. The van der Waals surface area contributed by atoms with E-state index in [2.05, 4.69) is 20.6 Å². The lowest BCUT2D eigenvalue weighted by Crippen LogP contribution is -2.59. The molecular formula is C30H26FN7O7. The van der Waals surface area contributed by atoms with Gasteiger partial charge in [0, 0.05) is 38.4 Å². The summed E-state index contributed by atoms with van der Waals surface area (Å²) in [6.45, 7) is 1.53. The van der Waals surface area contributed by atoms with Crippen LogP contribution in [-0.2, 0) is 16.1 Å². The third kappa shape index (κ3) is 5.37. The molecule has 3 aliphatic rings. The van der Waals surface area contributed by atoms with Crippen molar-refractivity contribution in [3.63, 3.8) is 0 Å². The molecule has 0 unspecified atom stereocenters. The van der Waals surface area contributed by atoms with Gasteiger partial charge >= 0.3 is 12.1 Å². The van der Waals surface area contributed by atoms with Gasteiger partial charge in [-0.15, -0.1) is 0 Å². The van der Waals surface area contributed by atoms with Gasteiger partial charge in [-0.3, -0.25) is 14.5 Å². The molecular weight excluding hydrogens is 589 g/mol. The highest BCUT2D eigenvalue weighted by Crippen LogP contribution is 2.30. The molecule has 14 nitrogen and oxygen atoms in total. The van der Waals surface area contributed by atoms with E-state index in [9.17, 15) is 24.3 Å². The number of benzene rings is 1. The first-order valence-electron chi connectivity index (χ1n) is 14.1. The molecule has 6 heterocycles. The lowest BCUT2D eigenvalue weighted by Gasteiger charge is -2.41. The zero-order valence-electron chi connectivity index (χ0n) is 23.6. The predicted molar refractivity (Wildman–Crippen MR) is 158 cm³/mol. The number of carboxylic acids is 1. The molecule has 2 fully saturated rings. The third-order valence-corrected chi connectivity index (χ3v) is 7.84. The van der Waals surface area contributed by atoms with E-state index < -0.39 is 35.0 Å². The second-order valence-electron chi connectivity index (χ2n) is 10.9. The second-order valence-corrected chi connectivity index (χ2v) is 10.9. The smallest absolute Gasteiger partial charge is 0.416 e. The van der Waals surface area contributed by atoms with Crippen molar-refractivity contribution in [2.24, 2.45) is 0 Å². The van der Waals surface area contributed by atoms with Crippen molar-refractivity contribution in [1.82, 2.24) is 19.9 Å². The number of ether oxygens (including phenoxy) is 2. The number of aromatic carboxylic acids is 1. The molecule has 3 aromatic heterocycles. The van der Waals surface area contributed by atoms with Gasteiger partial charge in [0.05, 0.1) is 11.9 Å². The summed E-state index contributed by atoms with van der Waals surface area (Å²) in [5, 5.41) is 15.4. The number of cyclic esters (lactones) is 1. The van der Waals surface area contributed by atoms with Crippen LogP contribution >= 0.6 is 0 Å². The average molecular weight is 616 g/mol. The zero-order chi connectivity index (χ0) is 31.2. The first-order valence-corrected chi connectivity index (χ1v) is 14.1. The molecule has 1 atom stereocenters. The van der Waals surface area contributed by atoms with Crippen LogP contribution in [0.3, 0.4) is 0 Å². The number of fused-ring (bicyclic) bond motifs is 2. The summed E-state index contributed by atoms with van der Waals surface area (Å²) in [5.74, 6) is -1.43. The number of nitrogens with zero attached hydrogens (tertiary/aromatic N) is 5. The Bertz CT molecular complexity index is 1910. The fraction of sp³-hybridized carbons (Fsp3) is 0.267. The van der Waals surface area contributed by atoms with Gasteiger partial charge in [0.2, 0.25) is 5.43 Å². The first kappa shape index (κ1) is 28.2. The summed E-state index contributed by atoms with van der Waals surface area (Å²) in [6, 6.07) is 13.5. The van der Waals surface area contributed by atoms with Crippen molar-refractivity contribution in [1.29, 1.82) is 0 Å². The highest BCUT2D eigenvalue weighted by Gasteiger charge is 2.36. The molecule has 0 saturated carbocycles. The number of aromatic nitrogens is 3. The lowest BCUT2D eigenvalue weighted by molar-refractivity contribution is -0.118. The molecule has 230 valence electrons. The van der Waals surface area contributed by atoms with Crippen LogP contribution in [0.15, 0.2) is 59.5 Å². The Kier molecular flexibility index (Phi) is 7.00. The van der Waals surface area contributed by atoms with Crippen molar-refractivity contribution in [2.75, 3.05) is 47.9 Å². The van der Waals surface area contributed by atoms with Crippen LogP contribution in [0.1, 0.15) is 15.9 Å². The number of halogens is 1. The maximum atomic E-state index is 15.3. The maximum Gasteiger partial charge on any atom is 0.416 e. The SMILES string of the molecule is O=C1COc2ccc(N3C[C@@H](CNC4CN(c5nc6c(cc5F)c(=O)c(C(=O)O)cn6Cc5ccccc5)C4)OC3=O)nc2N1. The number of carboxylic acid groups (broad SMARTS) is 1. The molecule has 0 aliphatic carbocycles. The fourth-order valence-corrected chi connectivity index (χ4v) is 5.55. The van der Waals surface area contributed by atoms with Gasteiger partial charge in [-0.2, -0.15) is 0 Å². The Morgan fingerprint density at radius 2 is 1.89 bits per heavy atom. The Morgan fingerprint density at radius 1 is 1.09 bits per heavy atom. The highest BCUT2D eigenvalue weighted by molar-refractivity contribution is 5.95. The molecule has 1 aromatic carbocycles. The van der Waals surface area contributed by atoms with Crippen LogP contribution in [0.5, 0.6) is 5.75 Å². The molecule has 7 rings (SSSR count). The third-order valence-electron chi connectivity index (χ3n) is 7.84. The standard InChI is InChI=1S/C30H26FN7O7/c31-21-8-19-25(40)20(29(41)42)14-36(10-16-4-2-1-3-5-16)27(19)35-28(21)37-11-17(12-37)32-9-18-13-38(30(43)45-18)23-7-6-22-26(33-23)34-24(39)15-44-22/h1-8,14,17-18,32H,9-13,15H2,(H,41,42)(H,33,34,39)/t18-/m1/s1. The van der Waals surface area contributed by atoms with Gasteiger partial charge in [0.1, 0.15) is 23.1 Å². The first-order chi connectivity index (χ1) is 21.7.